The average molecular weight is 341 g/mol. The van der Waals surface area contributed by atoms with E-state index in [1.165, 1.54) is 22.2 Å². The van der Waals surface area contributed by atoms with E-state index in [0.29, 0.717) is 0 Å². The second-order valence-electron chi connectivity index (χ2n) is 8.28. The molecule has 4 rings (SSSR count). The number of likely N-dealkylation sites (tertiary alicyclic amines) is 1. The van der Waals surface area contributed by atoms with Gasteiger partial charge in [-0.2, -0.15) is 0 Å². The van der Waals surface area contributed by atoms with Crippen LogP contribution < -0.4 is 5.32 Å². The van der Waals surface area contributed by atoms with Crippen molar-refractivity contribution in [2.75, 3.05) is 19.7 Å². The molecular weight excluding hydrogens is 314 g/mol. The molecule has 1 spiro atoms. The number of carbonyl (C=O) groups is 1. The van der Waals surface area contributed by atoms with Crippen molar-refractivity contribution < 1.29 is 9.53 Å². The number of para-hydroxylation sites is 1. The first-order chi connectivity index (χ1) is 11.9. The minimum atomic E-state index is -0.273. The van der Waals surface area contributed by atoms with Crippen LogP contribution in [0.3, 0.4) is 0 Å². The number of aromatic amines is 1. The van der Waals surface area contributed by atoms with Crippen LogP contribution in [0.4, 0.5) is 4.79 Å². The average Bonchev–Trinajstić information content (AvgIpc) is 2.95. The van der Waals surface area contributed by atoms with Gasteiger partial charge in [0.1, 0.15) is 5.60 Å². The van der Waals surface area contributed by atoms with Crippen molar-refractivity contribution in [3.63, 3.8) is 0 Å². The van der Waals surface area contributed by atoms with Gasteiger partial charge in [0.15, 0.2) is 0 Å². The van der Waals surface area contributed by atoms with Crippen molar-refractivity contribution in [3.05, 3.63) is 35.5 Å². The highest BCUT2D eigenvalue weighted by Gasteiger charge is 2.43. The molecule has 3 heterocycles. The number of nitrogens with zero attached hydrogens (tertiary/aromatic N) is 1. The number of hydrogen-bond acceptors (Lipinski definition) is 2. The molecule has 0 unspecified atom stereocenters. The minimum absolute atomic E-state index is 0.0232. The third-order valence-corrected chi connectivity index (χ3v) is 5.34. The zero-order valence-corrected chi connectivity index (χ0v) is 15.3. The Morgan fingerprint density at radius 1 is 1.24 bits per heavy atom. The van der Waals surface area contributed by atoms with E-state index in [0.717, 1.165) is 39.0 Å². The van der Waals surface area contributed by atoms with Gasteiger partial charge in [-0.05, 0) is 51.7 Å². The maximum Gasteiger partial charge on any atom is 0.317 e. The van der Waals surface area contributed by atoms with Gasteiger partial charge in [-0.15, -0.1) is 0 Å². The molecule has 0 saturated carbocycles. The van der Waals surface area contributed by atoms with Gasteiger partial charge >= 0.3 is 6.03 Å². The van der Waals surface area contributed by atoms with Gasteiger partial charge in [0, 0.05) is 29.5 Å². The van der Waals surface area contributed by atoms with Crippen LogP contribution in [0.25, 0.3) is 10.9 Å². The number of rotatable bonds is 0. The highest BCUT2D eigenvalue weighted by Crippen LogP contribution is 2.43. The molecule has 1 fully saturated rings. The number of piperidine rings is 1. The largest absolute Gasteiger partial charge is 0.368 e. The number of amides is 2. The predicted octanol–water partition coefficient (Wildman–Crippen LogP) is 3.54. The Morgan fingerprint density at radius 3 is 2.68 bits per heavy atom. The summed E-state index contributed by atoms with van der Waals surface area (Å²) in [6.45, 7) is 8.22. The van der Waals surface area contributed by atoms with Crippen LogP contribution in [-0.4, -0.2) is 41.2 Å². The first kappa shape index (κ1) is 16.5. The number of H-pyrrole nitrogens is 1. The SMILES string of the molecule is CC(C)(C)NC(=O)N1CCC2(CC1)OCCc1c2[nH]c2ccccc12. The summed E-state index contributed by atoms with van der Waals surface area (Å²) in [5.74, 6) is 0. The number of benzene rings is 1. The minimum Gasteiger partial charge on any atom is -0.368 e. The Bertz CT molecular complexity index is 795. The maximum absolute atomic E-state index is 12.4. The molecule has 2 aromatic rings. The topological polar surface area (TPSA) is 57.4 Å². The van der Waals surface area contributed by atoms with Gasteiger partial charge in [0.25, 0.3) is 0 Å². The number of carbonyl (C=O) groups excluding carboxylic acids is 1. The van der Waals surface area contributed by atoms with E-state index < -0.39 is 0 Å². The third kappa shape index (κ3) is 2.91. The molecule has 0 radical (unpaired) electrons. The van der Waals surface area contributed by atoms with Gasteiger partial charge in [-0.25, -0.2) is 4.79 Å². The molecule has 1 aromatic carbocycles. The lowest BCUT2D eigenvalue weighted by Crippen LogP contribution is -2.54. The summed E-state index contributed by atoms with van der Waals surface area (Å²) in [4.78, 5) is 18.0. The summed E-state index contributed by atoms with van der Waals surface area (Å²) < 4.78 is 6.30. The molecule has 0 aliphatic carbocycles. The van der Waals surface area contributed by atoms with Gasteiger partial charge in [-0.1, -0.05) is 18.2 Å². The summed E-state index contributed by atoms with van der Waals surface area (Å²) in [5.41, 5.74) is 3.33. The van der Waals surface area contributed by atoms with E-state index in [2.05, 4.69) is 34.6 Å². The van der Waals surface area contributed by atoms with Crippen LogP contribution in [0, 0.1) is 0 Å². The monoisotopic (exact) mass is 341 g/mol. The summed E-state index contributed by atoms with van der Waals surface area (Å²) in [7, 11) is 0. The van der Waals surface area contributed by atoms with E-state index in [1.54, 1.807) is 0 Å². The van der Waals surface area contributed by atoms with Crippen LogP contribution >= 0.6 is 0 Å². The summed E-state index contributed by atoms with van der Waals surface area (Å²) >= 11 is 0. The van der Waals surface area contributed by atoms with E-state index >= 15 is 0 Å². The molecule has 134 valence electrons. The Labute approximate surface area is 148 Å². The summed E-state index contributed by atoms with van der Waals surface area (Å²) in [6, 6.07) is 8.51. The molecule has 5 nitrogen and oxygen atoms in total. The number of hydrogen-bond donors (Lipinski definition) is 2. The Morgan fingerprint density at radius 2 is 1.96 bits per heavy atom. The first-order valence-corrected chi connectivity index (χ1v) is 9.19. The van der Waals surface area contributed by atoms with E-state index in [1.807, 2.05) is 25.7 Å². The lowest BCUT2D eigenvalue weighted by atomic mass is 9.83. The third-order valence-electron chi connectivity index (χ3n) is 5.34. The van der Waals surface area contributed by atoms with Crippen LogP contribution in [-0.2, 0) is 16.8 Å². The standard InChI is InChI=1S/C20H27N3O2/c1-19(2,3)22-18(24)23-11-9-20(10-12-23)17-15(8-13-25-20)14-6-4-5-7-16(14)21-17/h4-7,21H,8-13H2,1-3H3,(H,22,24). The van der Waals surface area contributed by atoms with Gasteiger partial charge in [-0.3, -0.25) is 0 Å². The molecule has 0 atom stereocenters. The van der Waals surface area contributed by atoms with E-state index in [4.69, 9.17) is 4.74 Å². The molecule has 5 heteroatoms. The van der Waals surface area contributed by atoms with Crippen molar-refractivity contribution in [2.45, 2.75) is 51.2 Å². The molecule has 2 amide bonds. The number of ether oxygens (including phenoxy) is 1. The molecule has 2 N–H and O–H groups in total. The second kappa shape index (κ2) is 5.77. The van der Waals surface area contributed by atoms with Crippen LogP contribution in [0.5, 0.6) is 0 Å². The van der Waals surface area contributed by atoms with Crippen molar-refractivity contribution >= 4 is 16.9 Å². The molecule has 1 saturated heterocycles. The Kier molecular flexibility index (Phi) is 3.80. The molecule has 0 bridgehead atoms. The molecular formula is C20H27N3O2. The number of nitrogens with one attached hydrogen (secondary N) is 2. The molecule has 1 aromatic heterocycles. The summed E-state index contributed by atoms with van der Waals surface area (Å²) in [5, 5.41) is 4.37. The van der Waals surface area contributed by atoms with Gasteiger partial charge in [0.05, 0.1) is 12.3 Å². The van der Waals surface area contributed by atoms with Crippen molar-refractivity contribution in [1.82, 2.24) is 15.2 Å². The fourth-order valence-corrected chi connectivity index (χ4v) is 4.13. The zero-order valence-electron chi connectivity index (χ0n) is 15.3. The fourth-order valence-electron chi connectivity index (χ4n) is 4.13. The maximum atomic E-state index is 12.4. The van der Waals surface area contributed by atoms with E-state index in [-0.39, 0.29) is 17.2 Å². The Hall–Kier alpha value is -2.01. The van der Waals surface area contributed by atoms with Crippen LogP contribution in [0.2, 0.25) is 0 Å². The van der Waals surface area contributed by atoms with E-state index in [9.17, 15) is 4.79 Å². The van der Waals surface area contributed by atoms with Crippen molar-refractivity contribution in [2.24, 2.45) is 0 Å². The Balaban J connectivity index is 1.57. The highest BCUT2D eigenvalue weighted by atomic mass is 16.5. The van der Waals surface area contributed by atoms with Crippen molar-refractivity contribution in [3.8, 4) is 0 Å². The summed E-state index contributed by atoms with van der Waals surface area (Å²) in [6.07, 6.45) is 2.63. The second-order valence-corrected chi connectivity index (χ2v) is 8.28. The van der Waals surface area contributed by atoms with Gasteiger partial charge in [0.2, 0.25) is 0 Å². The van der Waals surface area contributed by atoms with Gasteiger partial charge < -0.3 is 19.9 Å². The predicted molar refractivity (Wildman–Crippen MR) is 98.7 cm³/mol. The quantitative estimate of drug-likeness (QED) is 0.770. The molecule has 2 aliphatic heterocycles. The molecule has 25 heavy (non-hydrogen) atoms. The highest BCUT2D eigenvalue weighted by molar-refractivity contribution is 5.85. The normalized spacial score (nSPS) is 19.9. The number of fused-ring (bicyclic) bond motifs is 4. The van der Waals surface area contributed by atoms with Crippen molar-refractivity contribution in [1.29, 1.82) is 0 Å². The number of urea groups is 1. The zero-order chi connectivity index (χ0) is 17.7. The lowest BCUT2D eigenvalue weighted by molar-refractivity contribution is -0.0949. The van der Waals surface area contributed by atoms with Crippen LogP contribution in [0.15, 0.2) is 24.3 Å². The smallest absolute Gasteiger partial charge is 0.317 e. The van der Waals surface area contributed by atoms with Crippen LogP contribution in [0.1, 0.15) is 44.9 Å². The molecule has 2 aliphatic rings. The lowest BCUT2D eigenvalue weighted by Gasteiger charge is -2.44. The first-order valence-electron chi connectivity index (χ1n) is 9.19. The fraction of sp³-hybridized carbons (Fsp3) is 0.550. The number of aromatic nitrogens is 1.